The second-order valence-electron chi connectivity index (χ2n) is 12.0. The summed E-state index contributed by atoms with van der Waals surface area (Å²) < 4.78 is 30.8. The summed E-state index contributed by atoms with van der Waals surface area (Å²) in [5.74, 6) is -3.21. The van der Waals surface area contributed by atoms with Crippen LogP contribution in [0.15, 0.2) is 71.8 Å². The van der Waals surface area contributed by atoms with E-state index in [-0.39, 0.29) is 30.9 Å². The van der Waals surface area contributed by atoms with Crippen molar-refractivity contribution in [1.82, 2.24) is 14.8 Å². The number of hydrogen-bond acceptors (Lipinski definition) is 4. The van der Waals surface area contributed by atoms with Gasteiger partial charge in [-0.15, -0.1) is 0 Å². The van der Waals surface area contributed by atoms with Crippen molar-refractivity contribution in [2.24, 2.45) is 24.1 Å². The number of carbonyl (C=O) groups excluding carboxylic acids is 2. The number of benzene rings is 2. The number of carbonyl (C=O) groups is 2. The van der Waals surface area contributed by atoms with Crippen LogP contribution in [0.2, 0.25) is 0 Å². The highest BCUT2D eigenvalue weighted by molar-refractivity contribution is 5.96. The maximum absolute atomic E-state index is 14.6. The lowest BCUT2D eigenvalue weighted by atomic mass is 9.63. The Morgan fingerprint density at radius 3 is 2.36 bits per heavy atom. The lowest BCUT2D eigenvalue weighted by Gasteiger charge is -2.45. The van der Waals surface area contributed by atoms with Gasteiger partial charge in [0.1, 0.15) is 11.6 Å². The van der Waals surface area contributed by atoms with Gasteiger partial charge < -0.3 is 25.6 Å². The number of nitrogens with zero attached hydrogens (tertiary/aromatic N) is 2. The molecule has 4 rings (SSSR count). The van der Waals surface area contributed by atoms with E-state index in [1.807, 2.05) is 51.2 Å². The van der Waals surface area contributed by atoms with Crippen molar-refractivity contribution in [2.75, 3.05) is 19.6 Å². The number of amides is 2. The van der Waals surface area contributed by atoms with Crippen molar-refractivity contribution in [1.29, 1.82) is 0 Å². The molecule has 0 saturated heterocycles. The van der Waals surface area contributed by atoms with Gasteiger partial charge in [0.2, 0.25) is 11.8 Å². The van der Waals surface area contributed by atoms with Gasteiger partial charge in [-0.05, 0) is 67.8 Å². The quantitative estimate of drug-likeness (QED) is 0.236. The third kappa shape index (κ3) is 7.27. The van der Waals surface area contributed by atoms with Crippen LogP contribution in [0.4, 0.5) is 8.78 Å². The number of aliphatic hydroxyl groups excluding tert-OH is 1. The van der Waals surface area contributed by atoms with Crippen molar-refractivity contribution in [3.05, 3.63) is 94.7 Å². The van der Waals surface area contributed by atoms with Crippen molar-refractivity contribution in [2.45, 2.75) is 59.1 Å². The van der Waals surface area contributed by atoms with Gasteiger partial charge in [0.25, 0.3) is 0 Å². The molecule has 1 heterocycles. The van der Waals surface area contributed by atoms with Crippen LogP contribution in [0.3, 0.4) is 0 Å². The number of aromatic nitrogens is 1. The van der Waals surface area contributed by atoms with Gasteiger partial charge in [-0.2, -0.15) is 0 Å². The zero-order valence-electron chi connectivity index (χ0n) is 26.1. The Morgan fingerprint density at radius 1 is 1.09 bits per heavy atom. The molecule has 0 bridgehead atoms. The molecule has 236 valence electrons. The molecule has 1 aliphatic carbocycles. The summed E-state index contributed by atoms with van der Waals surface area (Å²) >= 11 is 0. The average molecular weight is 607 g/mol. The molecule has 1 aromatic heterocycles. The molecular weight excluding hydrogens is 562 g/mol. The van der Waals surface area contributed by atoms with Crippen LogP contribution >= 0.6 is 0 Å². The normalized spacial score (nSPS) is 18.1. The number of aliphatic hydroxyl groups is 1. The highest BCUT2D eigenvalue weighted by Gasteiger charge is 2.50. The Labute approximate surface area is 258 Å². The molecule has 0 spiro atoms. The number of nitrogens with one attached hydrogen (secondary N) is 1. The largest absolute Gasteiger partial charge is 0.391 e. The van der Waals surface area contributed by atoms with E-state index in [1.54, 1.807) is 17.9 Å². The van der Waals surface area contributed by atoms with Crippen molar-refractivity contribution >= 4 is 22.7 Å². The first-order valence-corrected chi connectivity index (χ1v) is 15.3. The van der Waals surface area contributed by atoms with Crippen LogP contribution in [0, 0.1) is 23.0 Å². The van der Waals surface area contributed by atoms with Gasteiger partial charge in [0, 0.05) is 62.0 Å². The minimum atomic E-state index is -1.38. The summed E-state index contributed by atoms with van der Waals surface area (Å²) in [7, 11) is 1.98. The Hall–Kier alpha value is -3.82. The zero-order chi connectivity index (χ0) is 32.0. The summed E-state index contributed by atoms with van der Waals surface area (Å²) in [6, 6.07) is 13.4. The van der Waals surface area contributed by atoms with Gasteiger partial charge in [-0.25, -0.2) is 8.78 Å². The van der Waals surface area contributed by atoms with E-state index in [0.29, 0.717) is 30.8 Å². The summed E-state index contributed by atoms with van der Waals surface area (Å²) in [6.45, 7) is 7.29. The fourth-order valence-corrected chi connectivity index (χ4v) is 6.63. The third-order valence-corrected chi connectivity index (χ3v) is 8.57. The molecule has 2 amide bonds. The Kier molecular flexibility index (Phi) is 10.8. The summed E-state index contributed by atoms with van der Waals surface area (Å²) in [5.41, 5.74) is 7.74. The SMILES string of the molecule is CCCN(CCC)C(=O)C1([C@H](Cc2cc(F)cc(F)c2)[C@@H](O)CNCc2cc3ccccc3n2C)C=C(C)C=C(C(N)=O)C1. The lowest BCUT2D eigenvalue weighted by Crippen LogP contribution is -2.54. The van der Waals surface area contributed by atoms with Crippen LogP contribution in [0.5, 0.6) is 0 Å². The second-order valence-corrected chi connectivity index (χ2v) is 12.0. The van der Waals surface area contributed by atoms with Gasteiger partial charge in [-0.1, -0.05) is 49.8 Å². The Balaban J connectivity index is 1.75. The number of aryl methyl sites for hydroxylation is 1. The highest BCUT2D eigenvalue weighted by atomic mass is 19.1. The topological polar surface area (TPSA) is 101 Å². The highest BCUT2D eigenvalue weighted by Crippen LogP contribution is 2.45. The van der Waals surface area contributed by atoms with E-state index < -0.39 is 35.0 Å². The van der Waals surface area contributed by atoms with Gasteiger partial charge in [0.15, 0.2) is 0 Å². The third-order valence-electron chi connectivity index (χ3n) is 8.57. The molecule has 4 N–H and O–H groups in total. The maximum atomic E-state index is 14.6. The lowest BCUT2D eigenvalue weighted by molar-refractivity contribution is -0.145. The Bertz CT molecular complexity index is 1540. The number of primary amides is 1. The van der Waals surface area contributed by atoms with Gasteiger partial charge in [0.05, 0.1) is 11.5 Å². The van der Waals surface area contributed by atoms with Crippen LogP contribution in [-0.2, 0) is 29.6 Å². The van der Waals surface area contributed by atoms with E-state index in [0.717, 1.165) is 35.5 Å². The molecule has 0 saturated carbocycles. The van der Waals surface area contributed by atoms with Crippen LogP contribution in [-0.4, -0.2) is 52.1 Å². The first-order valence-electron chi connectivity index (χ1n) is 15.3. The molecular formula is C35H44F2N4O3. The number of halogens is 2. The number of para-hydroxylation sites is 1. The van der Waals surface area contributed by atoms with Crippen LogP contribution in [0.25, 0.3) is 10.9 Å². The summed E-state index contributed by atoms with van der Waals surface area (Å²) in [6.07, 6.45) is 3.77. The number of rotatable bonds is 14. The van der Waals surface area contributed by atoms with Crippen molar-refractivity contribution < 1.29 is 23.5 Å². The number of fused-ring (bicyclic) bond motifs is 1. The number of hydrogen-bond donors (Lipinski definition) is 3. The maximum Gasteiger partial charge on any atom is 0.244 e. The minimum Gasteiger partial charge on any atom is -0.391 e. The number of allylic oxidation sites excluding steroid dienone is 2. The zero-order valence-corrected chi connectivity index (χ0v) is 26.1. The van der Waals surface area contributed by atoms with E-state index in [4.69, 9.17) is 5.73 Å². The molecule has 0 fully saturated rings. The second kappa shape index (κ2) is 14.3. The molecule has 0 aliphatic heterocycles. The summed E-state index contributed by atoms with van der Waals surface area (Å²) in [4.78, 5) is 28.9. The molecule has 7 nitrogen and oxygen atoms in total. The molecule has 1 aliphatic rings. The minimum absolute atomic E-state index is 0.000775. The fourth-order valence-electron chi connectivity index (χ4n) is 6.63. The summed E-state index contributed by atoms with van der Waals surface area (Å²) in [5, 5.41) is 16.4. The standard InChI is InChI=1S/C35H44F2N4O3/c1-5-11-41(12-6-2)34(44)35(19-23(3)13-26(20-35)33(38)43)30(16-24-14-27(36)18-28(37)15-24)32(42)22-39-21-29-17-25-9-7-8-10-31(25)40(29)4/h7-10,13-15,17-19,30,32,39,42H,5-6,11-12,16,20-22H2,1-4H3,(H2,38,43)/t30-,32+,35?/m1/s1. The molecule has 3 aromatic rings. The fraction of sp³-hybridized carbons (Fsp3) is 0.429. The van der Waals surface area contributed by atoms with Gasteiger partial charge in [-0.3, -0.25) is 9.59 Å². The van der Waals surface area contributed by atoms with E-state index >= 15 is 0 Å². The smallest absolute Gasteiger partial charge is 0.244 e. The van der Waals surface area contributed by atoms with E-state index in [2.05, 4.69) is 16.0 Å². The Morgan fingerprint density at radius 2 is 1.75 bits per heavy atom. The van der Waals surface area contributed by atoms with Crippen LogP contribution in [0.1, 0.15) is 51.3 Å². The monoisotopic (exact) mass is 606 g/mol. The molecule has 44 heavy (non-hydrogen) atoms. The van der Waals surface area contributed by atoms with E-state index in [9.17, 15) is 23.5 Å². The molecule has 0 radical (unpaired) electrons. The van der Waals surface area contributed by atoms with Crippen molar-refractivity contribution in [3.8, 4) is 0 Å². The average Bonchev–Trinajstić information content (AvgIpc) is 3.29. The predicted molar refractivity (Wildman–Crippen MR) is 169 cm³/mol. The van der Waals surface area contributed by atoms with Crippen molar-refractivity contribution in [3.63, 3.8) is 0 Å². The number of nitrogens with two attached hydrogens (primary N) is 1. The van der Waals surface area contributed by atoms with Gasteiger partial charge >= 0.3 is 0 Å². The van der Waals surface area contributed by atoms with E-state index in [1.165, 1.54) is 12.1 Å². The molecule has 2 aromatic carbocycles. The molecule has 3 atom stereocenters. The predicted octanol–water partition coefficient (Wildman–Crippen LogP) is 5.16. The molecule has 9 heteroatoms. The first-order chi connectivity index (χ1) is 21.0. The van der Waals surface area contributed by atoms with Crippen LogP contribution < -0.4 is 11.1 Å². The first kappa shape index (κ1) is 33.1. The molecule has 1 unspecified atom stereocenters.